The maximum atomic E-state index is 12.4. The van der Waals surface area contributed by atoms with Crippen LogP contribution < -0.4 is 4.74 Å². The number of piperazine rings is 1. The number of carbonyl (C=O) groups excluding carboxylic acids is 1. The third kappa shape index (κ3) is 5.97. The van der Waals surface area contributed by atoms with Crippen molar-refractivity contribution < 1.29 is 9.53 Å². The topological polar surface area (TPSA) is 32.8 Å². The molecular weight excluding hydrogens is 336 g/mol. The molecule has 1 saturated heterocycles. The molecule has 0 bridgehead atoms. The van der Waals surface area contributed by atoms with Gasteiger partial charge in [-0.1, -0.05) is 61.5 Å². The Kier molecular flexibility index (Phi) is 7.05. The average Bonchev–Trinajstić information content (AvgIpc) is 2.73. The SMILES string of the molecule is CCc1cccc(OCC(=O)N2CCN(C/C=C/c3ccccc3)CC2)c1. The third-order valence-corrected chi connectivity index (χ3v) is 4.87. The van der Waals surface area contributed by atoms with Gasteiger partial charge in [0.2, 0.25) is 0 Å². The van der Waals surface area contributed by atoms with E-state index in [1.165, 1.54) is 11.1 Å². The van der Waals surface area contributed by atoms with Crippen molar-refractivity contribution in [3.63, 3.8) is 0 Å². The predicted octanol–water partition coefficient (Wildman–Crippen LogP) is 3.49. The van der Waals surface area contributed by atoms with Crippen LogP contribution in [-0.4, -0.2) is 55.0 Å². The smallest absolute Gasteiger partial charge is 0.260 e. The van der Waals surface area contributed by atoms with E-state index in [4.69, 9.17) is 4.74 Å². The van der Waals surface area contributed by atoms with Crippen LogP contribution in [0.5, 0.6) is 5.75 Å². The first kappa shape index (κ1) is 19.2. The molecule has 1 heterocycles. The first-order chi connectivity index (χ1) is 13.2. The lowest BCUT2D eigenvalue weighted by Crippen LogP contribution is -2.49. The quantitative estimate of drug-likeness (QED) is 0.754. The minimum Gasteiger partial charge on any atom is -0.484 e. The van der Waals surface area contributed by atoms with Crippen LogP contribution >= 0.6 is 0 Å². The number of aryl methyl sites for hydroxylation is 1. The zero-order valence-electron chi connectivity index (χ0n) is 16.0. The zero-order chi connectivity index (χ0) is 18.9. The van der Waals surface area contributed by atoms with Gasteiger partial charge >= 0.3 is 0 Å². The van der Waals surface area contributed by atoms with Crippen molar-refractivity contribution in [1.82, 2.24) is 9.80 Å². The standard InChI is InChI=1S/C23H28N2O2/c1-2-20-10-6-12-22(18-20)27-19-23(26)25-16-14-24(15-17-25)13-7-11-21-8-4-3-5-9-21/h3-12,18H,2,13-17,19H2,1H3/b11-7+. The van der Waals surface area contributed by atoms with Crippen molar-refractivity contribution >= 4 is 12.0 Å². The summed E-state index contributed by atoms with van der Waals surface area (Å²) < 4.78 is 5.69. The van der Waals surface area contributed by atoms with Crippen LogP contribution in [0.25, 0.3) is 6.08 Å². The van der Waals surface area contributed by atoms with Gasteiger partial charge in [-0.3, -0.25) is 9.69 Å². The maximum Gasteiger partial charge on any atom is 0.260 e. The molecule has 1 fully saturated rings. The Hall–Kier alpha value is -2.59. The summed E-state index contributed by atoms with van der Waals surface area (Å²) in [5.74, 6) is 0.837. The van der Waals surface area contributed by atoms with Crippen molar-refractivity contribution in [2.24, 2.45) is 0 Å². The molecule has 0 atom stereocenters. The Bertz CT molecular complexity index is 750. The molecule has 0 radical (unpaired) electrons. The van der Waals surface area contributed by atoms with Crippen molar-refractivity contribution in [2.45, 2.75) is 13.3 Å². The highest BCUT2D eigenvalue weighted by Crippen LogP contribution is 2.14. The Labute approximate surface area is 162 Å². The van der Waals surface area contributed by atoms with Crippen LogP contribution in [0.1, 0.15) is 18.1 Å². The maximum absolute atomic E-state index is 12.4. The lowest BCUT2D eigenvalue weighted by Gasteiger charge is -2.34. The predicted molar refractivity (Wildman–Crippen MR) is 110 cm³/mol. The third-order valence-electron chi connectivity index (χ3n) is 4.87. The molecule has 0 spiro atoms. The van der Waals surface area contributed by atoms with Crippen molar-refractivity contribution in [3.8, 4) is 5.75 Å². The summed E-state index contributed by atoms with van der Waals surface area (Å²) in [4.78, 5) is 16.7. The van der Waals surface area contributed by atoms with Gasteiger partial charge in [0.15, 0.2) is 6.61 Å². The van der Waals surface area contributed by atoms with E-state index in [0.29, 0.717) is 0 Å². The summed E-state index contributed by atoms with van der Waals surface area (Å²) in [6.07, 6.45) is 5.30. The number of benzene rings is 2. The van der Waals surface area contributed by atoms with E-state index in [1.54, 1.807) is 0 Å². The monoisotopic (exact) mass is 364 g/mol. The van der Waals surface area contributed by atoms with E-state index in [2.05, 4.69) is 42.2 Å². The first-order valence-electron chi connectivity index (χ1n) is 9.68. The van der Waals surface area contributed by atoms with E-state index >= 15 is 0 Å². The number of nitrogens with zero attached hydrogens (tertiary/aromatic N) is 2. The molecule has 4 nitrogen and oxygen atoms in total. The highest BCUT2D eigenvalue weighted by atomic mass is 16.5. The molecule has 3 rings (SSSR count). The Morgan fingerprint density at radius 1 is 1.04 bits per heavy atom. The van der Waals surface area contributed by atoms with E-state index < -0.39 is 0 Å². The van der Waals surface area contributed by atoms with Crippen molar-refractivity contribution in [2.75, 3.05) is 39.3 Å². The fourth-order valence-corrected chi connectivity index (χ4v) is 3.17. The highest BCUT2D eigenvalue weighted by Gasteiger charge is 2.20. The summed E-state index contributed by atoms with van der Waals surface area (Å²) in [6, 6.07) is 18.3. The van der Waals surface area contributed by atoms with Gasteiger partial charge in [0.1, 0.15) is 5.75 Å². The fourth-order valence-electron chi connectivity index (χ4n) is 3.17. The second kappa shape index (κ2) is 9.93. The Morgan fingerprint density at radius 2 is 1.81 bits per heavy atom. The van der Waals surface area contributed by atoms with Crippen LogP contribution in [-0.2, 0) is 11.2 Å². The minimum atomic E-state index is 0.0661. The summed E-state index contributed by atoms with van der Waals surface area (Å²) in [6.45, 7) is 6.45. The summed E-state index contributed by atoms with van der Waals surface area (Å²) >= 11 is 0. The lowest BCUT2D eigenvalue weighted by molar-refractivity contribution is -0.135. The van der Waals surface area contributed by atoms with Gasteiger partial charge in [-0.25, -0.2) is 0 Å². The van der Waals surface area contributed by atoms with Gasteiger partial charge in [-0.15, -0.1) is 0 Å². The lowest BCUT2D eigenvalue weighted by atomic mass is 10.2. The van der Waals surface area contributed by atoms with Gasteiger partial charge in [0, 0.05) is 32.7 Å². The molecule has 1 aliphatic rings. The first-order valence-corrected chi connectivity index (χ1v) is 9.68. The molecule has 1 amide bonds. The van der Waals surface area contributed by atoms with E-state index in [0.717, 1.165) is 44.9 Å². The Balaban J connectivity index is 1.39. The van der Waals surface area contributed by atoms with Gasteiger partial charge in [-0.2, -0.15) is 0 Å². The van der Waals surface area contributed by atoms with Crippen molar-refractivity contribution in [3.05, 3.63) is 71.8 Å². The zero-order valence-corrected chi connectivity index (χ0v) is 16.0. The fraction of sp³-hybridized carbons (Fsp3) is 0.348. The molecule has 0 saturated carbocycles. The molecule has 142 valence electrons. The average molecular weight is 364 g/mol. The van der Waals surface area contributed by atoms with Crippen LogP contribution in [0.3, 0.4) is 0 Å². The van der Waals surface area contributed by atoms with Gasteiger partial charge in [-0.05, 0) is 29.7 Å². The second-order valence-corrected chi connectivity index (χ2v) is 6.78. The molecule has 2 aromatic rings. The number of hydrogen-bond donors (Lipinski definition) is 0. The molecule has 27 heavy (non-hydrogen) atoms. The van der Waals surface area contributed by atoms with E-state index in [9.17, 15) is 4.79 Å². The minimum absolute atomic E-state index is 0.0661. The molecule has 1 aliphatic heterocycles. The molecule has 2 aromatic carbocycles. The van der Waals surface area contributed by atoms with Crippen LogP contribution in [0, 0.1) is 0 Å². The number of rotatable bonds is 7. The van der Waals surface area contributed by atoms with Crippen LogP contribution in [0.4, 0.5) is 0 Å². The number of amides is 1. The largest absolute Gasteiger partial charge is 0.484 e. The molecule has 0 aromatic heterocycles. The molecular formula is C23H28N2O2. The highest BCUT2D eigenvalue weighted by molar-refractivity contribution is 5.77. The number of carbonyl (C=O) groups is 1. The molecule has 0 aliphatic carbocycles. The van der Waals surface area contributed by atoms with Gasteiger partial charge in [0.05, 0.1) is 0 Å². The molecule has 4 heteroatoms. The van der Waals surface area contributed by atoms with Crippen LogP contribution in [0.15, 0.2) is 60.7 Å². The number of hydrogen-bond acceptors (Lipinski definition) is 3. The van der Waals surface area contributed by atoms with Crippen LogP contribution in [0.2, 0.25) is 0 Å². The molecule has 0 unspecified atom stereocenters. The van der Waals surface area contributed by atoms with Crippen molar-refractivity contribution in [1.29, 1.82) is 0 Å². The second-order valence-electron chi connectivity index (χ2n) is 6.78. The summed E-state index contributed by atoms with van der Waals surface area (Å²) in [5.41, 5.74) is 2.44. The normalized spacial score (nSPS) is 15.2. The number of ether oxygens (including phenoxy) is 1. The van der Waals surface area contributed by atoms with E-state index in [1.807, 2.05) is 41.3 Å². The summed E-state index contributed by atoms with van der Waals surface area (Å²) in [7, 11) is 0. The summed E-state index contributed by atoms with van der Waals surface area (Å²) in [5, 5.41) is 0. The molecule has 0 N–H and O–H groups in total. The van der Waals surface area contributed by atoms with Gasteiger partial charge in [0.25, 0.3) is 5.91 Å². The van der Waals surface area contributed by atoms with E-state index in [-0.39, 0.29) is 12.5 Å². The Morgan fingerprint density at radius 3 is 2.56 bits per heavy atom. The van der Waals surface area contributed by atoms with Gasteiger partial charge < -0.3 is 9.64 Å².